The molecule has 0 saturated carbocycles. The topological polar surface area (TPSA) is 323 Å². The standard InChI is InChI=1S/C54H83N3O18P2/c1-3-5-7-8-9-10-11-12-13-14-15-16-17-18-19-20-21-22-27-31-49(61)70-38-42-39-71-76(66,67)75-77(68,69)72-40-47-52(64)51(63)43(34-33-41(58)29-25-6-4-2)45(59)37-46(60)44(30-26-23-24-28-32-50(62)73-42)53(74-47)57-36-35-48(55)56-54(57)65/h5,7,9-10,12-13,15-16,18-19,21-22,33-36,41-44,46-47,51-53,58,60,63-64H,3-4,6,8,11,14,17,20,23-32,37-40H2,1-2H3,(H,66,67)(H,68,69)(H2,55,56,65)/b7-5-,10-9-,13-12-,16-15-,19-18-,22-21-,34-33-/t41-,42+,43-,44-,46-,47+,51-,52+,53+/m0/s1. The van der Waals surface area contributed by atoms with E-state index >= 15 is 0 Å². The number of nitrogen functional groups attached to an aromatic ring is 1. The van der Waals surface area contributed by atoms with Gasteiger partial charge in [0.25, 0.3) is 0 Å². The molecular weight excluding hydrogens is 1040 g/mol. The average molecular weight is 1120 g/mol. The van der Waals surface area contributed by atoms with Gasteiger partial charge in [-0.1, -0.05) is 137 Å². The van der Waals surface area contributed by atoms with Gasteiger partial charge in [0, 0.05) is 31.4 Å². The predicted octanol–water partition coefficient (Wildman–Crippen LogP) is 8.03. The summed E-state index contributed by atoms with van der Waals surface area (Å²) in [6.45, 7) is 1.30. The molecule has 0 aliphatic carbocycles. The third kappa shape index (κ3) is 27.8. The number of nitrogens with two attached hydrogens (primary N) is 1. The molecule has 1 aromatic heterocycles. The summed E-state index contributed by atoms with van der Waals surface area (Å²) >= 11 is 0. The van der Waals surface area contributed by atoms with Crippen molar-refractivity contribution in [3.8, 4) is 0 Å². The monoisotopic (exact) mass is 1120 g/mol. The summed E-state index contributed by atoms with van der Waals surface area (Å²) in [5.41, 5.74) is 4.77. The molecule has 8 N–H and O–H groups in total. The molecule has 11 atom stereocenters. The number of fused-ring (bicyclic) bond motifs is 3. The SMILES string of the molecule is CC/C=C\C/C=C\C/C=C\C/C=C\C/C=C\C/C=C\CCC(=O)OC[C@@H]1COP(=O)(O)OP(=O)(O)OC[C@H]2O[C@@H](n3ccc(N)nc3=O)[C@@H](CCCCCCC(=O)O1)[C@@H](O)CC(=O)[C@H](/C=C\[C@@H](O)CCCCC)[C@H](O)[C@@H]2O. The summed E-state index contributed by atoms with van der Waals surface area (Å²) in [5, 5.41) is 45.7. The van der Waals surface area contributed by atoms with Gasteiger partial charge in [0.05, 0.1) is 37.4 Å². The summed E-state index contributed by atoms with van der Waals surface area (Å²) in [7, 11) is -11.3. The third-order valence-corrected chi connectivity index (χ3v) is 15.0. The van der Waals surface area contributed by atoms with Crippen LogP contribution in [0.5, 0.6) is 0 Å². The summed E-state index contributed by atoms with van der Waals surface area (Å²) < 4.78 is 58.9. The summed E-state index contributed by atoms with van der Waals surface area (Å²) in [6, 6.07) is 1.24. The van der Waals surface area contributed by atoms with E-state index < -0.39 is 120 Å². The number of unbranched alkanes of at least 4 members (excludes halogenated alkanes) is 2. The van der Waals surface area contributed by atoms with Gasteiger partial charge in [-0.2, -0.15) is 9.29 Å². The number of phosphoric ester groups is 2. The smallest absolute Gasteiger partial charge is 0.462 e. The molecule has 3 heterocycles. The van der Waals surface area contributed by atoms with Gasteiger partial charge < -0.3 is 50.2 Å². The van der Waals surface area contributed by atoms with Crippen LogP contribution in [0, 0.1) is 11.8 Å². The van der Waals surface area contributed by atoms with E-state index in [1.165, 1.54) is 24.4 Å². The number of rotatable bonds is 23. The average Bonchev–Trinajstić information content (AvgIpc) is 3.37. The number of aliphatic hydroxyl groups is 4. The number of aliphatic hydroxyl groups excluding tert-OH is 4. The molecule has 2 aliphatic rings. The molecule has 3 rings (SSSR count). The predicted molar refractivity (Wildman–Crippen MR) is 289 cm³/mol. The first-order valence-electron chi connectivity index (χ1n) is 26.7. The highest BCUT2D eigenvalue weighted by molar-refractivity contribution is 7.61. The highest BCUT2D eigenvalue weighted by atomic mass is 31.3. The van der Waals surface area contributed by atoms with Crippen LogP contribution in [-0.2, 0) is 51.1 Å². The van der Waals surface area contributed by atoms with Crippen molar-refractivity contribution in [2.75, 3.05) is 25.6 Å². The molecule has 23 heteroatoms. The number of carbonyl (C=O) groups is 3. The molecule has 0 aromatic carbocycles. The Hall–Kier alpha value is -4.47. The lowest BCUT2D eigenvalue weighted by atomic mass is 9.83. The molecule has 2 bridgehead atoms. The van der Waals surface area contributed by atoms with Crippen molar-refractivity contribution >= 4 is 39.2 Å². The van der Waals surface area contributed by atoms with Crippen LogP contribution in [0.25, 0.3) is 0 Å². The number of ether oxygens (including phenoxy) is 3. The lowest BCUT2D eigenvalue weighted by Gasteiger charge is -2.39. The zero-order chi connectivity index (χ0) is 56.5. The van der Waals surface area contributed by atoms with Crippen LogP contribution in [0.15, 0.2) is 102 Å². The Morgan fingerprint density at radius 3 is 2.04 bits per heavy atom. The van der Waals surface area contributed by atoms with E-state index in [-0.39, 0.29) is 31.5 Å². The normalized spacial score (nSPS) is 28.9. The zero-order valence-electron chi connectivity index (χ0n) is 44.4. The number of nitrogens with zero attached hydrogens (tertiary/aromatic N) is 2. The molecule has 2 saturated heterocycles. The van der Waals surface area contributed by atoms with Crippen molar-refractivity contribution in [2.24, 2.45) is 11.8 Å². The van der Waals surface area contributed by atoms with Gasteiger partial charge in [0.15, 0.2) is 6.10 Å². The largest absolute Gasteiger partial charge is 0.481 e. The maximum Gasteiger partial charge on any atom is 0.481 e. The van der Waals surface area contributed by atoms with Crippen molar-refractivity contribution in [1.29, 1.82) is 0 Å². The molecular formula is C54H83N3O18P2. The van der Waals surface area contributed by atoms with Gasteiger partial charge in [-0.15, -0.1) is 0 Å². The van der Waals surface area contributed by atoms with Crippen LogP contribution in [0.4, 0.5) is 5.82 Å². The maximum atomic E-state index is 14.0. The molecule has 1 aromatic rings. The van der Waals surface area contributed by atoms with Crippen LogP contribution >= 0.6 is 15.6 Å². The van der Waals surface area contributed by atoms with Crippen molar-refractivity contribution in [3.63, 3.8) is 0 Å². The number of cyclic esters (lactones) is 1. The molecule has 432 valence electrons. The van der Waals surface area contributed by atoms with E-state index in [1.807, 2.05) is 31.2 Å². The Balaban J connectivity index is 1.73. The molecule has 2 aliphatic heterocycles. The fourth-order valence-electron chi connectivity index (χ4n) is 8.19. The van der Waals surface area contributed by atoms with E-state index in [1.54, 1.807) is 0 Å². The molecule has 77 heavy (non-hydrogen) atoms. The van der Waals surface area contributed by atoms with Gasteiger partial charge >= 0.3 is 33.3 Å². The van der Waals surface area contributed by atoms with Crippen LogP contribution in [0.3, 0.4) is 0 Å². The Labute approximate surface area is 452 Å². The Morgan fingerprint density at radius 2 is 1.43 bits per heavy atom. The van der Waals surface area contributed by atoms with E-state index in [2.05, 4.69) is 64.8 Å². The Morgan fingerprint density at radius 1 is 0.831 bits per heavy atom. The van der Waals surface area contributed by atoms with E-state index in [4.69, 9.17) is 29.0 Å². The molecule has 21 nitrogen and oxygen atoms in total. The summed E-state index contributed by atoms with van der Waals surface area (Å²) in [6.07, 6.45) is 25.4. The van der Waals surface area contributed by atoms with Gasteiger partial charge in [0.1, 0.15) is 36.6 Å². The molecule has 2 unspecified atom stereocenters. The minimum atomic E-state index is -5.73. The maximum absolute atomic E-state index is 14.0. The van der Waals surface area contributed by atoms with Crippen molar-refractivity contribution in [2.45, 2.75) is 179 Å². The molecule has 0 amide bonds. The highest BCUT2D eigenvalue weighted by Gasteiger charge is 2.45. The molecule has 0 spiro atoms. The van der Waals surface area contributed by atoms with Crippen LogP contribution in [0.1, 0.15) is 142 Å². The minimum absolute atomic E-state index is 0.0451. The van der Waals surface area contributed by atoms with Crippen LogP contribution in [0.2, 0.25) is 0 Å². The number of Topliss-reactive ketones (excluding diaryl/α,β-unsaturated/α-hetero) is 1. The first kappa shape index (κ1) is 66.8. The number of hydrogen-bond donors (Lipinski definition) is 7. The van der Waals surface area contributed by atoms with Crippen molar-refractivity contribution < 1.29 is 81.3 Å². The van der Waals surface area contributed by atoms with Crippen molar-refractivity contribution in [1.82, 2.24) is 9.55 Å². The van der Waals surface area contributed by atoms with E-state index in [0.29, 0.717) is 44.9 Å². The Kier molecular flexibility index (Phi) is 32.5. The van der Waals surface area contributed by atoms with E-state index in [9.17, 15) is 58.5 Å². The second-order valence-corrected chi connectivity index (χ2v) is 21.8. The minimum Gasteiger partial charge on any atom is -0.462 e. The van der Waals surface area contributed by atoms with Gasteiger partial charge in [-0.05, 0) is 70.3 Å². The number of hydrogen-bond acceptors (Lipinski definition) is 18. The number of carbonyl (C=O) groups excluding carboxylic acids is 3. The summed E-state index contributed by atoms with van der Waals surface area (Å²) in [4.78, 5) is 78.1. The van der Waals surface area contributed by atoms with Crippen LogP contribution in [-0.4, -0.2) is 114 Å². The number of phosphoric acid groups is 2. The second-order valence-electron chi connectivity index (χ2n) is 18.8. The fourth-order valence-corrected chi connectivity index (χ4v) is 10.3. The lowest BCUT2D eigenvalue weighted by molar-refractivity contribution is -0.188. The van der Waals surface area contributed by atoms with Crippen LogP contribution < -0.4 is 11.4 Å². The number of ketones is 1. The number of allylic oxidation sites excluding steroid dienone is 12. The van der Waals surface area contributed by atoms with Gasteiger partial charge in [-0.3, -0.25) is 28.0 Å². The molecule has 0 radical (unpaired) electrons. The van der Waals surface area contributed by atoms with Crippen molar-refractivity contribution in [3.05, 3.63) is 108 Å². The zero-order valence-corrected chi connectivity index (χ0v) is 46.2. The molecule has 2 fully saturated rings. The first-order chi connectivity index (χ1) is 36.9. The third-order valence-electron chi connectivity index (χ3n) is 12.4. The van der Waals surface area contributed by atoms with E-state index in [0.717, 1.165) is 49.5 Å². The van der Waals surface area contributed by atoms with Gasteiger partial charge in [-0.25, -0.2) is 13.9 Å². The van der Waals surface area contributed by atoms with Gasteiger partial charge in [0.2, 0.25) is 0 Å². The summed E-state index contributed by atoms with van der Waals surface area (Å²) in [5.74, 6) is -5.16. The number of esters is 2. The Bertz CT molecular complexity index is 2300. The second kappa shape index (κ2) is 37.4. The first-order valence-corrected chi connectivity index (χ1v) is 29.7. The fraction of sp³-hybridized carbons (Fsp3) is 0.611. The lowest BCUT2D eigenvalue weighted by Crippen LogP contribution is -2.51. The highest BCUT2D eigenvalue weighted by Crippen LogP contribution is 2.60. The quantitative estimate of drug-likeness (QED) is 0.0236. The number of aromatic nitrogens is 2. The number of anilines is 1.